The number of hydrogen-bond acceptors (Lipinski definition) is 5. The first-order valence-corrected chi connectivity index (χ1v) is 11.1. The van der Waals surface area contributed by atoms with Crippen molar-refractivity contribution < 1.29 is 14.2 Å². The van der Waals surface area contributed by atoms with Gasteiger partial charge in [0.1, 0.15) is 13.2 Å². The molecule has 3 rings (SSSR count). The molecule has 0 aromatic heterocycles. The SMILES string of the molecule is CN=C(NCC(C(C)C)N1CCOCC1)NCC(C)(C)c1ccc2c(c1)OCCO2.I. The number of benzene rings is 1. The molecule has 1 unspecified atom stereocenters. The summed E-state index contributed by atoms with van der Waals surface area (Å²) in [4.78, 5) is 6.96. The standard InChI is InChI=1S/C23H38N4O3.HI/c1-17(2)19(27-8-10-28-11-9-27)15-25-22(24-5)26-16-23(3,4)18-6-7-20-21(14-18)30-13-12-29-20;/h6-7,14,17,19H,8-13,15-16H2,1-5H3,(H2,24,25,26);1H. The fraction of sp³-hybridized carbons (Fsp3) is 0.696. The van der Waals surface area contributed by atoms with E-state index in [0.29, 0.717) is 25.2 Å². The lowest BCUT2D eigenvalue weighted by Crippen LogP contribution is -2.53. The zero-order valence-corrected chi connectivity index (χ0v) is 21.9. The number of nitrogens with zero attached hydrogens (tertiary/aromatic N) is 2. The molecule has 2 aliphatic heterocycles. The van der Waals surface area contributed by atoms with Gasteiger partial charge in [-0.2, -0.15) is 0 Å². The van der Waals surface area contributed by atoms with Crippen LogP contribution in [0.1, 0.15) is 33.3 Å². The van der Waals surface area contributed by atoms with Crippen LogP contribution in [0.25, 0.3) is 0 Å². The summed E-state index contributed by atoms with van der Waals surface area (Å²) in [6.45, 7) is 15.5. The lowest BCUT2D eigenvalue weighted by atomic mass is 9.84. The van der Waals surface area contributed by atoms with Crippen molar-refractivity contribution in [2.75, 3.05) is 59.7 Å². The highest BCUT2D eigenvalue weighted by Gasteiger charge is 2.26. The number of guanidine groups is 1. The number of morpholine rings is 1. The van der Waals surface area contributed by atoms with Crippen LogP contribution in [-0.2, 0) is 10.2 Å². The van der Waals surface area contributed by atoms with Gasteiger partial charge in [0, 0.05) is 44.7 Å². The van der Waals surface area contributed by atoms with E-state index in [1.165, 1.54) is 5.56 Å². The van der Waals surface area contributed by atoms with Crippen molar-refractivity contribution in [2.24, 2.45) is 10.9 Å². The van der Waals surface area contributed by atoms with E-state index in [1.807, 2.05) is 13.1 Å². The molecule has 1 saturated heterocycles. The monoisotopic (exact) mass is 546 g/mol. The second-order valence-corrected chi connectivity index (χ2v) is 9.01. The highest BCUT2D eigenvalue weighted by atomic mass is 127. The minimum atomic E-state index is -0.0882. The summed E-state index contributed by atoms with van der Waals surface area (Å²) in [5.74, 6) is 3.05. The van der Waals surface area contributed by atoms with Crippen LogP contribution in [0.5, 0.6) is 11.5 Å². The number of hydrogen-bond donors (Lipinski definition) is 2. The molecule has 0 spiro atoms. The number of rotatable bonds is 7. The predicted octanol–water partition coefficient (Wildman–Crippen LogP) is 2.88. The zero-order chi connectivity index (χ0) is 21.6. The highest BCUT2D eigenvalue weighted by molar-refractivity contribution is 14.0. The minimum Gasteiger partial charge on any atom is -0.486 e. The molecular weight excluding hydrogens is 507 g/mol. The Kier molecular flexibility index (Phi) is 10.2. The Morgan fingerprint density at radius 3 is 2.39 bits per heavy atom. The van der Waals surface area contributed by atoms with E-state index in [1.54, 1.807) is 0 Å². The third-order valence-electron chi connectivity index (χ3n) is 6.01. The average Bonchev–Trinajstić information content (AvgIpc) is 2.76. The van der Waals surface area contributed by atoms with Crippen molar-refractivity contribution in [3.05, 3.63) is 23.8 Å². The molecule has 1 aromatic rings. The summed E-state index contributed by atoms with van der Waals surface area (Å²) in [7, 11) is 1.82. The van der Waals surface area contributed by atoms with Crippen molar-refractivity contribution >= 4 is 29.9 Å². The van der Waals surface area contributed by atoms with Crippen molar-refractivity contribution in [1.29, 1.82) is 0 Å². The van der Waals surface area contributed by atoms with Gasteiger partial charge in [-0.3, -0.25) is 9.89 Å². The van der Waals surface area contributed by atoms with Crippen LogP contribution in [0.2, 0.25) is 0 Å². The fourth-order valence-corrected chi connectivity index (χ4v) is 3.99. The van der Waals surface area contributed by atoms with E-state index in [9.17, 15) is 0 Å². The van der Waals surface area contributed by atoms with Gasteiger partial charge in [0.05, 0.1) is 13.2 Å². The molecule has 0 saturated carbocycles. The van der Waals surface area contributed by atoms with Crippen LogP contribution >= 0.6 is 24.0 Å². The van der Waals surface area contributed by atoms with Crippen molar-refractivity contribution in [3.8, 4) is 11.5 Å². The van der Waals surface area contributed by atoms with Crippen LogP contribution in [0.4, 0.5) is 0 Å². The van der Waals surface area contributed by atoms with Gasteiger partial charge in [-0.1, -0.05) is 33.8 Å². The number of ether oxygens (including phenoxy) is 3. The van der Waals surface area contributed by atoms with E-state index >= 15 is 0 Å². The smallest absolute Gasteiger partial charge is 0.191 e. The Balaban J connectivity index is 0.00000341. The van der Waals surface area contributed by atoms with Crippen LogP contribution in [0.3, 0.4) is 0 Å². The van der Waals surface area contributed by atoms with E-state index < -0.39 is 0 Å². The Morgan fingerprint density at radius 1 is 1.06 bits per heavy atom. The van der Waals surface area contributed by atoms with Gasteiger partial charge in [0.15, 0.2) is 17.5 Å². The second kappa shape index (κ2) is 12.1. The molecule has 8 heteroatoms. The Morgan fingerprint density at radius 2 is 1.74 bits per heavy atom. The van der Waals surface area contributed by atoms with Gasteiger partial charge in [0.2, 0.25) is 0 Å². The molecule has 2 N–H and O–H groups in total. The number of halogens is 1. The van der Waals surface area contributed by atoms with Gasteiger partial charge in [-0.25, -0.2) is 0 Å². The Labute approximate surface area is 204 Å². The molecule has 0 radical (unpaired) electrons. The van der Waals surface area contributed by atoms with Gasteiger partial charge < -0.3 is 24.8 Å². The molecule has 2 aliphatic rings. The van der Waals surface area contributed by atoms with E-state index in [0.717, 1.165) is 56.9 Å². The van der Waals surface area contributed by atoms with Gasteiger partial charge in [-0.15, -0.1) is 24.0 Å². The van der Waals surface area contributed by atoms with Gasteiger partial charge >= 0.3 is 0 Å². The molecule has 0 bridgehead atoms. The lowest BCUT2D eigenvalue weighted by molar-refractivity contribution is 0.00752. The number of fused-ring (bicyclic) bond motifs is 1. The highest BCUT2D eigenvalue weighted by Crippen LogP contribution is 2.34. The molecule has 7 nitrogen and oxygen atoms in total. The summed E-state index contributed by atoms with van der Waals surface area (Å²) < 4.78 is 16.9. The van der Waals surface area contributed by atoms with Crippen molar-refractivity contribution in [1.82, 2.24) is 15.5 Å². The topological polar surface area (TPSA) is 67.4 Å². The Hall–Kier alpha value is -1.26. The summed E-state index contributed by atoms with van der Waals surface area (Å²) in [5.41, 5.74) is 1.12. The summed E-state index contributed by atoms with van der Waals surface area (Å²) in [6.07, 6.45) is 0. The number of nitrogens with one attached hydrogen (secondary N) is 2. The van der Waals surface area contributed by atoms with E-state index in [-0.39, 0.29) is 29.4 Å². The molecule has 0 aliphatic carbocycles. The molecule has 1 atom stereocenters. The quantitative estimate of drug-likeness (QED) is 0.312. The molecule has 0 amide bonds. The largest absolute Gasteiger partial charge is 0.486 e. The van der Waals surface area contributed by atoms with Crippen molar-refractivity contribution in [2.45, 2.75) is 39.2 Å². The average molecular weight is 546 g/mol. The first kappa shape index (κ1) is 26.0. The van der Waals surface area contributed by atoms with Crippen LogP contribution in [0.15, 0.2) is 23.2 Å². The molecule has 176 valence electrons. The molecule has 1 aromatic carbocycles. The van der Waals surface area contributed by atoms with E-state index in [4.69, 9.17) is 14.2 Å². The molecule has 31 heavy (non-hydrogen) atoms. The maximum absolute atomic E-state index is 5.76. The summed E-state index contributed by atoms with van der Waals surface area (Å²) in [6, 6.07) is 6.69. The first-order chi connectivity index (χ1) is 14.4. The van der Waals surface area contributed by atoms with Crippen LogP contribution < -0.4 is 20.1 Å². The minimum absolute atomic E-state index is 0. The molecular formula is C23H39IN4O3. The molecule has 2 heterocycles. The van der Waals surface area contributed by atoms with Crippen LogP contribution in [0, 0.1) is 5.92 Å². The predicted molar refractivity (Wildman–Crippen MR) is 136 cm³/mol. The Bertz CT molecular complexity index is 721. The maximum atomic E-state index is 5.76. The maximum Gasteiger partial charge on any atom is 0.191 e. The van der Waals surface area contributed by atoms with Gasteiger partial charge in [-0.05, 0) is 23.6 Å². The van der Waals surface area contributed by atoms with Crippen LogP contribution in [-0.4, -0.2) is 76.6 Å². The van der Waals surface area contributed by atoms with E-state index in [2.05, 4.69) is 60.4 Å². The zero-order valence-electron chi connectivity index (χ0n) is 19.6. The number of aliphatic imine (C=N–C) groups is 1. The lowest BCUT2D eigenvalue weighted by Gasteiger charge is -2.37. The van der Waals surface area contributed by atoms with Crippen molar-refractivity contribution in [3.63, 3.8) is 0 Å². The third kappa shape index (κ3) is 7.12. The summed E-state index contributed by atoms with van der Waals surface area (Å²) in [5, 5.41) is 7.04. The fourth-order valence-electron chi connectivity index (χ4n) is 3.99. The summed E-state index contributed by atoms with van der Waals surface area (Å²) >= 11 is 0. The third-order valence-corrected chi connectivity index (χ3v) is 6.01. The first-order valence-electron chi connectivity index (χ1n) is 11.1. The second-order valence-electron chi connectivity index (χ2n) is 9.01. The van der Waals surface area contributed by atoms with Gasteiger partial charge in [0.25, 0.3) is 0 Å². The molecule has 1 fully saturated rings. The normalized spacial score (nSPS) is 18.3.